The van der Waals surface area contributed by atoms with Gasteiger partial charge in [0.1, 0.15) is 23.7 Å². The van der Waals surface area contributed by atoms with Crippen LogP contribution in [0.15, 0.2) is 53.8 Å². The minimum absolute atomic E-state index is 0.405. The Labute approximate surface area is 152 Å². The van der Waals surface area contributed by atoms with E-state index in [2.05, 4.69) is 27.1 Å². The summed E-state index contributed by atoms with van der Waals surface area (Å²) in [6.07, 6.45) is 3.22. The van der Waals surface area contributed by atoms with Gasteiger partial charge in [-0.2, -0.15) is 8.78 Å². The maximum atomic E-state index is 15.3. The molecule has 2 aromatic rings. The van der Waals surface area contributed by atoms with Crippen molar-refractivity contribution in [1.29, 1.82) is 0 Å². The normalized spacial score (nSPS) is 15.1. The lowest BCUT2D eigenvalue weighted by molar-refractivity contribution is -0.154. The second kappa shape index (κ2) is 7.78. The number of tetrazole rings is 1. The molecule has 0 aliphatic carbocycles. The van der Waals surface area contributed by atoms with Crippen LogP contribution < -0.4 is 0 Å². The average molecular weight is 383 g/mol. The van der Waals surface area contributed by atoms with E-state index in [1.807, 2.05) is 0 Å². The Morgan fingerprint density at radius 2 is 2.04 bits per heavy atom. The van der Waals surface area contributed by atoms with Gasteiger partial charge in [-0.3, -0.25) is 4.99 Å². The summed E-state index contributed by atoms with van der Waals surface area (Å²) in [4.78, 5) is 3.52. The monoisotopic (exact) mass is 383 g/mol. The maximum Gasteiger partial charge on any atom is 0.323 e. The van der Waals surface area contributed by atoms with Crippen LogP contribution in [0.25, 0.3) is 0 Å². The number of alkyl halides is 2. The quantitative estimate of drug-likeness (QED) is 0.453. The van der Waals surface area contributed by atoms with Crippen molar-refractivity contribution in [3.8, 4) is 0 Å². The Balaban J connectivity index is 2.65. The van der Waals surface area contributed by atoms with E-state index < -0.39 is 41.0 Å². The lowest BCUT2D eigenvalue weighted by Gasteiger charge is -2.36. The maximum absolute atomic E-state index is 15.3. The molecule has 0 fully saturated rings. The fourth-order valence-electron chi connectivity index (χ4n) is 2.42. The molecule has 0 aliphatic heterocycles. The first-order valence-corrected chi connectivity index (χ1v) is 7.69. The van der Waals surface area contributed by atoms with Crippen molar-refractivity contribution in [3.63, 3.8) is 0 Å². The number of aliphatic imine (C=N–C) groups is 1. The second-order valence-corrected chi connectivity index (χ2v) is 5.85. The Morgan fingerprint density at radius 1 is 1.33 bits per heavy atom. The van der Waals surface area contributed by atoms with Gasteiger partial charge in [0.25, 0.3) is 0 Å². The minimum Gasteiger partial charge on any atom is -0.377 e. The number of hydrogen-bond acceptors (Lipinski definition) is 5. The largest absolute Gasteiger partial charge is 0.377 e. The van der Waals surface area contributed by atoms with Gasteiger partial charge in [0, 0.05) is 18.7 Å². The summed E-state index contributed by atoms with van der Waals surface area (Å²) in [7, 11) is 1.10. The van der Waals surface area contributed by atoms with E-state index in [4.69, 9.17) is 0 Å². The molecule has 1 aromatic heterocycles. The van der Waals surface area contributed by atoms with E-state index in [0.29, 0.717) is 11.6 Å². The zero-order valence-electron chi connectivity index (χ0n) is 14.6. The van der Waals surface area contributed by atoms with Crippen LogP contribution in [-0.4, -0.2) is 44.0 Å². The molecule has 2 rings (SSSR count). The van der Waals surface area contributed by atoms with E-state index in [0.717, 1.165) is 36.3 Å². The smallest absolute Gasteiger partial charge is 0.323 e. The van der Waals surface area contributed by atoms with Gasteiger partial charge >= 0.3 is 5.92 Å². The van der Waals surface area contributed by atoms with Crippen molar-refractivity contribution in [3.05, 3.63) is 66.0 Å². The summed E-state index contributed by atoms with van der Waals surface area (Å²) in [5, 5.41) is 21.0. The third kappa shape index (κ3) is 4.11. The van der Waals surface area contributed by atoms with E-state index in [9.17, 15) is 13.9 Å². The lowest BCUT2D eigenvalue weighted by Crippen LogP contribution is -2.53. The zero-order chi connectivity index (χ0) is 20.2. The van der Waals surface area contributed by atoms with Crippen LogP contribution in [0.4, 0.5) is 17.6 Å². The van der Waals surface area contributed by atoms with Gasteiger partial charge in [-0.05, 0) is 35.6 Å². The summed E-state index contributed by atoms with van der Waals surface area (Å²) in [6, 6.07) is 1.92. The van der Waals surface area contributed by atoms with Crippen molar-refractivity contribution < 1.29 is 22.7 Å². The summed E-state index contributed by atoms with van der Waals surface area (Å²) in [5.74, 6) is -6.40. The summed E-state index contributed by atoms with van der Waals surface area (Å²) >= 11 is 0. The van der Waals surface area contributed by atoms with Gasteiger partial charge < -0.3 is 5.11 Å². The second-order valence-electron chi connectivity index (χ2n) is 5.85. The number of rotatable bonds is 7. The summed E-state index contributed by atoms with van der Waals surface area (Å²) in [5.41, 5.74) is -4.35. The van der Waals surface area contributed by atoms with E-state index in [1.54, 1.807) is 6.92 Å². The molecule has 0 radical (unpaired) electrons. The Morgan fingerprint density at radius 3 is 2.56 bits per heavy atom. The fraction of sp³-hybridized carbons (Fsp3) is 0.294. The first-order chi connectivity index (χ1) is 12.6. The van der Waals surface area contributed by atoms with Crippen molar-refractivity contribution >= 4 is 5.71 Å². The van der Waals surface area contributed by atoms with Crippen LogP contribution in [0.1, 0.15) is 12.5 Å². The number of hydrogen-bond donors (Lipinski definition) is 1. The number of nitrogens with zero attached hydrogens (tertiary/aromatic N) is 5. The number of aromatic nitrogens is 4. The summed E-state index contributed by atoms with van der Waals surface area (Å²) < 4.78 is 59.1. The van der Waals surface area contributed by atoms with Crippen molar-refractivity contribution in [2.24, 2.45) is 4.99 Å². The number of benzene rings is 1. The lowest BCUT2D eigenvalue weighted by atomic mass is 9.83. The number of aliphatic hydroxyl groups is 1. The topological polar surface area (TPSA) is 76.2 Å². The molecule has 27 heavy (non-hydrogen) atoms. The fourth-order valence-corrected chi connectivity index (χ4v) is 2.42. The predicted octanol–water partition coefficient (Wildman–Crippen LogP) is 2.68. The number of allylic oxidation sites excluding steroid dienone is 3. The average Bonchev–Trinajstić information content (AvgIpc) is 3.07. The Bertz CT molecular complexity index is 879. The third-order valence-corrected chi connectivity index (χ3v) is 3.77. The van der Waals surface area contributed by atoms with Crippen LogP contribution in [0.5, 0.6) is 0 Å². The van der Waals surface area contributed by atoms with Crippen molar-refractivity contribution in [1.82, 2.24) is 20.2 Å². The molecule has 0 amide bonds. The molecule has 0 bridgehead atoms. The minimum atomic E-state index is -4.09. The van der Waals surface area contributed by atoms with Crippen LogP contribution in [-0.2, 0) is 12.1 Å². The molecule has 6 nitrogen and oxygen atoms in total. The molecular weight excluding hydrogens is 366 g/mol. The molecule has 10 heteroatoms. The SMILES string of the molecule is C=C(C)/C=C\C(=N/C)C(F)(F)C(O)(Cn1cnnn1)c1ccc(F)cc1F. The highest BCUT2D eigenvalue weighted by atomic mass is 19.3. The van der Waals surface area contributed by atoms with Gasteiger partial charge in [0.05, 0.1) is 6.54 Å². The van der Waals surface area contributed by atoms with Gasteiger partial charge in [-0.25, -0.2) is 13.5 Å². The van der Waals surface area contributed by atoms with Crippen molar-refractivity contribution in [2.75, 3.05) is 7.05 Å². The molecular formula is C17H17F4N5O. The number of halogens is 4. The molecule has 144 valence electrons. The zero-order valence-corrected chi connectivity index (χ0v) is 14.6. The summed E-state index contributed by atoms with van der Waals surface area (Å²) in [6.45, 7) is 4.24. The molecule has 0 saturated heterocycles. The standard InChI is InChI=1S/C17H17F4N5O/c1-11(2)4-7-15(22-3)17(20,21)16(27,9-26-10-23-24-25-26)13-6-5-12(18)8-14(13)19/h4-8,10,27H,1,9H2,2-3H3/b7-4-,22-15+. The van der Waals surface area contributed by atoms with Crippen LogP contribution in [0, 0.1) is 11.6 Å². The van der Waals surface area contributed by atoms with Gasteiger partial charge in [0.2, 0.25) is 0 Å². The molecule has 1 unspecified atom stereocenters. The van der Waals surface area contributed by atoms with Gasteiger partial charge in [-0.15, -0.1) is 5.10 Å². The van der Waals surface area contributed by atoms with E-state index in [-0.39, 0.29) is 0 Å². The van der Waals surface area contributed by atoms with Crippen molar-refractivity contribution in [2.45, 2.75) is 25.0 Å². The first kappa shape index (κ1) is 20.4. The highest BCUT2D eigenvalue weighted by molar-refractivity contribution is 6.01. The Hall–Kier alpha value is -2.88. The molecule has 0 saturated carbocycles. The molecule has 0 aliphatic rings. The Kier molecular flexibility index (Phi) is 5.89. The van der Waals surface area contributed by atoms with Gasteiger partial charge in [-0.1, -0.05) is 18.2 Å². The molecule has 1 heterocycles. The first-order valence-electron chi connectivity index (χ1n) is 7.69. The molecule has 0 spiro atoms. The van der Waals surface area contributed by atoms with Gasteiger partial charge in [0.15, 0.2) is 5.60 Å². The van der Waals surface area contributed by atoms with Crippen LogP contribution >= 0.6 is 0 Å². The molecule has 1 N–H and O–H groups in total. The van der Waals surface area contributed by atoms with E-state index in [1.165, 1.54) is 6.08 Å². The highest BCUT2D eigenvalue weighted by Crippen LogP contribution is 2.42. The van der Waals surface area contributed by atoms with E-state index >= 15 is 8.78 Å². The highest BCUT2D eigenvalue weighted by Gasteiger charge is 2.58. The molecule has 1 aromatic carbocycles. The van der Waals surface area contributed by atoms with Crippen LogP contribution in [0.2, 0.25) is 0 Å². The third-order valence-electron chi connectivity index (χ3n) is 3.77. The predicted molar refractivity (Wildman–Crippen MR) is 90.3 cm³/mol. The molecule has 1 atom stereocenters. The van der Waals surface area contributed by atoms with Crippen LogP contribution in [0.3, 0.4) is 0 Å².